The van der Waals surface area contributed by atoms with Crippen molar-refractivity contribution in [2.24, 2.45) is 0 Å². The molecule has 186 valence electrons. The number of nitrogens with zero attached hydrogens (tertiary/aromatic N) is 4. The molecule has 11 heteroatoms. The van der Waals surface area contributed by atoms with E-state index in [9.17, 15) is 18.0 Å². The molecular formula is C26H19F3N6O2. The van der Waals surface area contributed by atoms with Crippen molar-refractivity contribution in [1.29, 1.82) is 0 Å². The highest BCUT2D eigenvalue weighted by Gasteiger charge is 2.30. The van der Waals surface area contributed by atoms with Gasteiger partial charge in [-0.1, -0.05) is 12.1 Å². The molecule has 0 aliphatic heterocycles. The Bertz CT molecular complexity index is 1580. The number of halogens is 3. The minimum Gasteiger partial charge on any atom is -0.497 e. The van der Waals surface area contributed by atoms with Gasteiger partial charge < -0.3 is 15.4 Å². The second kappa shape index (κ2) is 9.61. The lowest BCUT2D eigenvalue weighted by Crippen LogP contribution is -2.13. The number of carbonyl (C=O) groups excluding carboxylic acids is 1. The summed E-state index contributed by atoms with van der Waals surface area (Å²) in [7, 11) is 1.59. The number of ether oxygens (including phenoxy) is 1. The van der Waals surface area contributed by atoms with Gasteiger partial charge in [0.2, 0.25) is 0 Å². The van der Waals surface area contributed by atoms with Crippen molar-refractivity contribution in [3.05, 3.63) is 96.4 Å². The fourth-order valence-electron chi connectivity index (χ4n) is 3.71. The van der Waals surface area contributed by atoms with Gasteiger partial charge in [0.05, 0.1) is 29.9 Å². The summed E-state index contributed by atoms with van der Waals surface area (Å²) in [5.74, 6) is 0.637. The van der Waals surface area contributed by atoms with E-state index < -0.39 is 17.6 Å². The van der Waals surface area contributed by atoms with Gasteiger partial charge in [0, 0.05) is 16.9 Å². The van der Waals surface area contributed by atoms with Crippen molar-refractivity contribution in [1.82, 2.24) is 19.7 Å². The zero-order chi connectivity index (χ0) is 26.0. The molecule has 2 aromatic heterocycles. The molecule has 0 radical (unpaired) electrons. The molecule has 0 bridgehead atoms. The highest BCUT2D eigenvalue weighted by Crippen LogP contribution is 2.31. The van der Waals surface area contributed by atoms with Crippen LogP contribution in [0.5, 0.6) is 5.75 Å². The van der Waals surface area contributed by atoms with Crippen molar-refractivity contribution in [3.63, 3.8) is 0 Å². The van der Waals surface area contributed by atoms with Gasteiger partial charge in [0.25, 0.3) is 5.91 Å². The first-order valence-corrected chi connectivity index (χ1v) is 11.0. The lowest BCUT2D eigenvalue weighted by molar-refractivity contribution is -0.137. The van der Waals surface area contributed by atoms with Crippen LogP contribution in [-0.4, -0.2) is 32.8 Å². The van der Waals surface area contributed by atoms with E-state index in [2.05, 4.69) is 25.7 Å². The van der Waals surface area contributed by atoms with Crippen LogP contribution in [0.4, 0.5) is 30.4 Å². The standard InChI is InChI=1S/C26H19F3N6O2/c1-37-21-10-8-20(9-11-21)35-24-22(14-32-35)23(30-15-31-24)33-18-6-2-4-16(12-18)25(36)34-19-7-3-5-17(13-19)26(27,28)29/h2-15H,1H3,(H,34,36)(H,30,31,33). The van der Waals surface area contributed by atoms with Crippen molar-refractivity contribution in [2.75, 3.05) is 17.7 Å². The van der Waals surface area contributed by atoms with Crippen LogP contribution in [0.15, 0.2) is 85.3 Å². The van der Waals surface area contributed by atoms with E-state index in [1.807, 2.05) is 24.3 Å². The molecule has 0 saturated carbocycles. The van der Waals surface area contributed by atoms with E-state index in [0.717, 1.165) is 17.8 Å². The topological polar surface area (TPSA) is 94.0 Å². The fraction of sp³-hybridized carbons (Fsp3) is 0.0769. The first-order valence-electron chi connectivity index (χ1n) is 11.0. The number of anilines is 3. The molecule has 0 fully saturated rings. The van der Waals surface area contributed by atoms with Crippen LogP contribution in [0.25, 0.3) is 16.7 Å². The molecule has 2 N–H and O–H groups in total. The maximum absolute atomic E-state index is 13.0. The third-order valence-corrected chi connectivity index (χ3v) is 5.52. The van der Waals surface area contributed by atoms with Gasteiger partial charge in [-0.3, -0.25) is 4.79 Å². The minimum atomic E-state index is -4.51. The number of methoxy groups -OCH3 is 1. The molecule has 8 nitrogen and oxygen atoms in total. The summed E-state index contributed by atoms with van der Waals surface area (Å²) < 4.78 is 45.8. The number of benzene rings is 3. The first kappa shape index (κ1) is 23.8. The van der Waals surface area contributed by atoms with Crippen molar-refractivity contribution in [3.8, 4) is 11.4 Å². The molecule has 0 unspecified atom stereocenters. The van der Waals surface area contributed by atoms with Gasteiger partial charge in [-0.05, 0) is 60.7 Å². The quantitative estimate of drug-likeness (QED) is 0.302. The van der Waals surface area contributed by atoms with Crippen LogP contribution < -0.4 is 15.4 Å². The lowest BCUT2D eigenvalue weighted by atomic mass is 10.1. The Morgan fingerprint density at radius 2 is 1.70 bits per heavy atom. The van der Waals surface area contributed by atoms with E-state index in [1.54, 1.807) is 42.3 Å². The molecule has 0 saturated heterocycles. The summed E-state index contributed by atoms with van der Waals surface area (Å²) in [4.78, 5) is 21.4. The summed E-state index contributed by atoms with van der Waals surface area (Å²) >= 11 is 0. The number of nitrogens with one attached hydrogen (secondary N) is 2. The summed E-state index contributed by atoms with van der Waals surface area (Å²) in [6.07, 6.45) is -1.47. The zero-order valence-electron chi connectivity index (χ0n) is 19.3. The number of carbonyl (C=O) groups is 1. The Hall–Kier alpha value is -4.93. The number of hydrogen-bond acceptors (Lipinski definition) is 6. The van der Waals surface area contributed by atoms with Crippen molar-refractivity contribution in [2.45, 2.75) is 6.18 Å². The number of rotatable bonds is 6. The molecule has 0 atom stereocenters. The van der Waals surface area contributed by atoms with Crippen LogP contribution in [0, 0.1) is 0 Å². The molecule has 3 aromatic carbocycles. The second-order valence-electron chi connectivity index (χ2n) is 7.95. The Labute approximate surface area is 208 Å². The van der Waals surface area contributed by atoms with Gasteiger partial charge in [-0.25, -0.2) is 14.6 Å². The van der Waals surface area contributed by atoms with Gasteiger partial charge in [0.1, 0.15) is 17.9 Å². The number of alkyl halides is 3. The van der Waals surface area contributed by atoms with Crippen molar-refractivity contribution < 1.29 is 22.7 Å². The average Bonchev–Trinajstić information content (AvgIpc) is 3.34. The predicted octanol–water partition coefficient (Wildman–Crippen LogP) is 5.84. The van der Waals surface area contributed by atoms with E-state index in [-0.39, 0.29) is 11.3 Å². The van der Waals surface area contributed by atoms with Gasteiger partial charge in [-0.2, -0.15) is 18.3 Å². The maximum Gasteiger partial charge on any atom is 0.416 e. The van der Waals surface area contributed by atoms with Gasteiger partial charge in [0.15, 0.2) is 5.65 Å². The predicted molar refractivity (Wildman–Crippen MR) is 132 cm³/mol. The number of fused-ring (bicyclic) bond motifs is 1. The third kappa shape index (κ3) is 5.06. The highest BCUT2D eigenvalue weighted by molar-refractivity contribution is 6.05. The summed E-state index contributed by atoms with van der Waals surface area (Å²) in [6, 6.07) is 18.3. The Morgan fingerprint density at radius 1 is 0.946 bits per heavy atom. The number of amides is 1. The second-order valence-corrected chi connectivity index (χ2v) is 7.95. The molecule has 5 rings (SSSR count). The van der Waals surface area contributed by atoms with Crippen LogP contribution in [0.2, 0.25) is 0 Å². The lowest BCUT2D eigenvalue weighted by Gasteiger charge is -2.11. The van der Waals surface area contributed by atoms with E-state index in [4.69, 9.17) is 4.74 Å². The Balaban J connectivity index is 1.37. The number of aromatic nitrogens is 4. The molecule has 5 aromatic rings. The first-order chi connectivity index (χ1) is 17.8. The molecule has 0 spiro atoms. The highest BCUT2D eigenvalue weighted by atomic mass is 19.4. The van der Waals surface area contributed by atoms with Crippen LogP contribution in [0.3, 0.4) is 0 Å². The van der Waals surface area contributed by atoms with E-state index in [1.165, 1.54) is 18.5 Å². The van der Waals surface area contributed by atoms with Gasteiger partial charge in [-0.15, -0.1) is 0 Å². The summed E-state index contributed by atoms with van der Waals surface area (Å²) in [5, 5.41) is 10.8. The smallest absolute Gasteiger partial charge is 0.416 e. The maximum atomic E-state index is 13.0. The Kier molecular flexibility index (Phi) is 6.18. The van der Waals surface area contributed by atoms with Gasteiger partial charge >= 0.3 is 6.18 Å². The fourth-order valence-corrected chi connectivity index (χ4v) is 3.71. The SMILES string of the molecule is COc1ccc(-n2ncc3c(Nc4cccc(C(=O)Nc5cccc(C(F)(F)F)c5)c4)ncnc32)cc1. The van der Waals surface area contributed by atoms with Crippen LogP contribution >= 0.6 is 0 Å². The molecule has 0 aliphatic carbocycles. The Morgan fingerprint density at radius 3 is 2.46 bits per heavy atom. The summed E-state index contributed by atoms with van der Waals surface area (Å²) in [6.45, 7) is 0. The van der Waals surface area contributed by atoms with Crippen molar-refractivity contribution >= 4 is 34.1 Å². The van der Waals surface area contributed by atoms with Crippen LogP contribution in [-0.2, 0) is 6.18 Å². The van der Waals surface area contributed by atoms with E-state index >= 15 is 0 Å². The van der Waals surface area contributed by atoms with Crippen LogP contribution in [0.1, 0.15) is 15.9 Å². The average molecular weight is 504 g/mol. The largest absolute Gasteiger partial charge is 0.497 e. The minimum absolute atomic E-state index is 0.0432. The molecule has 37 heavy (non-hydrogen) atoms. The monoisotopic (exact) mass is 504 g/mol. The van der Waals surface area contributed by atoms with E-state index in [0.29, 0.717) is 28.3 Å². The number of hydrogen-bond donors (Lipinski definition) is 2. The molecule has 0 aliphatic rings. The zero-order valence-corrected chi connectivity index (χ0v) is 19.3. The molecule has 2 heterocycles. The normalized spacial score (nSPS) is 11.4. The molecular weight excluding hydrogens is 485 g/mol. The third-order valence-electron chi connectivity index (χ3n) is 5.52. The summed E-state index contributed by atoms with van der Waals surface area (Å²) in [5.41, 5.74) is 1.36. The molecule has 1 amide bonds.